The highest BCUT2D eigenvalue weighted by Gasteiger charge is 2.04. The maximum Gasteiger partial charge on any atom is 0.0284 e. The summed E-state index contributed by atoms with van der Waals surface area (Å²) in [6, 6.07) is 6.39. The molecule has 1 aromatic rings. The van der Waals surface area contributed by atoms with Crippen molar-refractivity contribution < 1.29 is 0 Å². The van der Waals surface area contributed by atoms with Crippen molar-refractivity contribution in [1.82, 2.24) is 0 Å². The Morgan fingerprint density at radius 3 is 2.54 bits per heavy atom. The number of aliphatic imine (C=N–C) groups is 1. The Morgan fingerprint density at radius 1 is 1.31 bits per heavy atom. The second-order valence-electron chi connectivity index (χ2n) is 3.60. The van der Waals surface area contributed by atoms with Crippen LogP contribution in [0.15, 0.2) is 23.2 Å². The summed E-state index contributed by atoms with van der Waals surface area (Å²) in [6.07, 6.45) is 1.92. The molecule has 0 bridgehead atoms. The third-order valence-corrected chi connectivity index (χ3v) is 2.31. The van der Waals surface area contributed by atoms with Gasteiger partial charge in [0, 0.05) is 13.3 Å². The van der Waals surface area contributed by atoms with Gasteiger partial charge in [-0.1, -0.05) is 32.0 Å². The van der Waals surface area contributed by atoms with Crippen LogP contribution in [-0.4, -0.2) is 13.3 Å². The van der Waals surface area contributed by atoms with Gasteiger partial charge in [0.2, 0.25) is 0 Å². The monoisotopic (exact) mass is 175 g/mol. The lowest BCUT2D eigenvalue weighted by molar-refractivity contribution is 0.856. The smallest absolute Gasteiger partial charge is 0.0284 e. The highest BCUT2D eigenvalue weighted by Crippen LogP contribution is 2.20. The molecule has 0 aliphatic heterocycles. The van der Waals surface area contributed by atoms with Crippen molar-refractivity contribution in [2.45, 2.75) is 26.7 Å². The van der Waals surface area contributed by atoms with Gasteiger partial charge in [-0.3, -0.25) is 4.99 Å². The quantitative estimate of drug-likeness (QED) is 0.612. The molecule has 70 valence electrons. The highest BCUT2D eigenvalue weighted by molar-refractivity contribution is 5.82. The minimum absolute atomic E-state index is 0.588. The zero-order valence-electron chi connectivity index (χ0n) is 8.83. The summed E-state index contributed by atoms with van der Waals surface area (Å²) < 4.78 is 0. The highest BCUT2D eigenvalue weighted by atomic mass is 14.6. The van der Waals surface area contributed by atoms with Gasteiger partial charge in [0.15, 0.2) is 0 Å². The average Bonchev–Trinajstić information content (AvgIpc) is 2.08. The lowest BCUT2D eigenvalue weighted by Crippen LogP contribution is -1.96. The lowest BCUT2D eigenvalue weighted by atomic mass is 9.95. The third kappa shape index (κ3) is 2.18. The SMILES string of the molecule is C/N=C\c1cccc(C(C)C)c1C. The van der Waals surface area contributed by atoms with E-state index < -0.39 is 0 Å². The Labute approximate surface area is 80.5 Å². The van der Waals surface area contributed by atoms with Gasteiger partial charge in [0.1, 0.15) is 0 Å². The van der Waals surface area contributed by atoms with Crippen LogP contribution < -0.4 is 0 Å². The van der Waals surface area contributed by atoms with E-state index in [1.54, 1.807) is 0 Å². The molecule has 1 heteroatoms. The van der Waals surface area contributed by atoms with Crippen molar-refractivity contribution >= 4 is 6.21 Å². The average molecular weight is 175 g/mol. The summed E-state index contributed by atoms with van der Waals surface area (Å²) >= 11 is 0. The predicted molar refractivity (Wildman–Crippen MR) is 58.8 cm³/mol. The van der Waals surface area contributed by atoms with Gasteiger partial charge in [0.05, 0.1) is 0 Å². The van der Waals surface area contributed by atoms with Crippen molar-refractivity contribution in [2.24, 2.45) is 4.99 Å². The first-order valence-electron chi connectivity index (χ1n) is 4.68. The van der Waals surface area contributed by atoms with Crippen LogP contribution in [0.4, 0.5) is 0 Å². The zero-order valence-corrected chi connectivity index (χ0v) is 8.83. The van der Waals surface area contributed by atoms with E-state index >= 15 is 0 Å². The molecule has 0 atom stereocenters. The fraction of sp³-hybridized carbons (Fsp3) is 0.417. The molecule has 0 fully saturated rings. The van der Waals surface area contributed by atoms with Crippen LogP contribution in [0.1, 0.15) is 36.5 Å². The molecule has 0 heterocycles. The minimum Gasteiger partial charge on any atom is -0.296 e. The van der Waals surface area contributed by atoms with E-state index in [4.69, 9.17) is 0 Å². The predicted octanol–water partition coefficient (Wildman–Crippen LogP) is 3.17. The van der Waals surface area contributed by atoms with Gasteiger partial charge < -0.3 is 0 Å². The summed E-state index contributed by atoms with van der Waals surface area (Å²) in [7, 11) is 1.81. The van der Waals surface area contributed by atoms with Crippen molar-refractivity contribution in [3.05, 3.63) is 34.9 Å². The maximum absolute atomic E-state index is 4.04. The summed E-state index contributed by atoms with van der Waals surface area (Å²) in [5.74, 6) is 0.588. The van der Waals surface area contributed by atoms with Gasteiger partial charge in [-0.15, -0.1) is 0 Å². The first-order valence-corrected chi connectivity index (χ1v) is 4.68. The third-order valence-electron chi connectivity index (χ3n) is 2.31. The van der Waals surface area contributed by atoms with Crippen molar-refractivity contribution in [1.29, 1.82) is 0 Å². The summed E-state index contributed by atoms with van der Waals surface area (Å²) in [6.45, 7) is 6.59. The molecule has 0 radical (unpaired) electrons. The minimum atomic E-state index is 0.588. The Kier molecular flexibility index (Phi) is 3.24. The van der Waals surface area contributed by atoms with E-state index in [1.165, 1.54) is 16.7 Å². The maximum atomic E-state index is 4.04. The lowest BCUT2D eigenvalue weighted by Gasteiger charge is -2.11. The van der Waals surface area contributed by atoms with E-state index in [2.05, 4.69) is 44.0 Å². The van der Waals surface area contributed by atoms with Crippen LogP contribution in [0.25, 0.3) is 0 Å². The van der Waals surface area contributed by atoms with Crippen LogP contribution in [0, 0.1) is 6.92 Å². The molecular weight excluding hydrogens is 158 g/mol. The van der Waals surface area contributed by atoms with Gasteiger partial charge in [0.25, 0.3) is 0 Å². The largest absolute Gasteiger partial charge is 0.296 e. The first kappa shape index (κ1) is 9.97. The number of rotatable bonds is 2. The van der Waals surface area contributed by atoms with Gasteiger partial charge in [-0.05, 0) is 29.5 Å². The topological polar surface area (TPSA) is 12.4 Å². The normalized spacial score (nSPS) is 11.5. The molecule has 0 saturated carbocycles. The number of hydrogen-bond donors (Lipinski definition) is 0. The zero-order chi connectivity index (χ0) is 9.84. The molecule has 13 heavy (non-hydrogen) atoms. The Bertz CT molecular complexity index is 311. The molecule has 1 aromatic carbocycles. The van der Waals surface area contributed by atoms with E-state index in [0.29, 0.717) is 5.92 Å². The fourth-order valence-corrected chi connectivity index (χ4v) is 1.58. The van der Waals surface area contributed by atoms with E-state index in [1.807, 2.05) is 13.3 Å². The number of benzene rings is 1. The summed E-state index contributed by atoms with van der Waals surface area (Å²) in [5, 5.41) is 0. The standard InChI is InChI=1S/C12H17N/c1-9(2)12-7-5-6-11(8-13-4)10(12)3/h5-9H,1-4H3/b13-8-. The van der Waals surface area contributed by atoms with E-state index in [9.17, 15) is 0 Å². The Morgan fingerprint density at radius 2 is 2.00 bits per heavy atom. The summed E-state index contributed by atoms with van der Waals surface area (Å²) in [5.41, 5.74) is 3.99. The fourth-order valence-electron chi connectivity index (χ4n) is 1.58. The van der Waals surface area contributed by atoms with Gasteiger partial charge in [-0.2, -0.15) is 0 Å². The molecule has 1 nitrogen and oxygen atoms in total. The summed E-state index contributed by atoms with van der Waals surface area (Å²) in [4.78, 5) is 4.04. The Hall–Kier alpha value is -1.11. The second kappa shape index (κ2) is 4.22. The van der Waals surface area contributed by atoms with Crippen molar-refractivity contribution in [3.63, 3.8) is 0 Å². The van der Waals surface area contributed by atoms with Crippen molar-refractivity contribution in [3.8, 4) is 0 Å². The molecule has 0 aromatic heterocycles. The van der Waals surface area contributed by atoms with Crippen LogP contribution in [0.5, 0.6) is 0 Å². The van der Waals surface area contributed by atoms with Crippen molar-refractivity contribution in [2.75, 3.05) is 7.05 Å². The van der Waals surface area contributed by atoms with E-state index in [0.717, 1.165) is 0 Å². The Balaban J connectivity index is 3.18. The second-order valence-corrected chi connectivity index (χ2v) is 3.60. The molecular formula is C12H17N. The number of nitrogens with zero attached hydrogens (tertiary/aromatic N) is 1. The molecule has 0 N–H and O–H groups in total. The first-order chi connectivity index (χ1) is 6.16. The molecule has 0 unspecified atom stereocenters. The van der Waals surface area contributed by atoms with Gasteiger partial charge >= 0.3 is 0 Å². The molecule has 0 aliphatic carbocycles. The van der Waals surface area contributed by atoms with Crippen LogP contribution >= 0.6 is 0 Å². The number of hydrogen-bond acceptors (Lipinski definition) is 1. The van der Waals surface area contributed by atoms with Crippen LogP contribution in [-0.2, 0) is 0 Å². The molecule has 0 aliphatic rings. The van der Waals surface area contributed by atoms with Crippen LogP contribution in [0.3, 0.4) is 0 Å². The molecule has 0 saturated heterocycles. The molecule has 0 spiro atoms. The van der Waals surface area contributed by atoms with Crippen LogP contribution in [0.2, 0.25) is 0 Å². The molecule has 1 rings (SSSR count). The van der Waals surface area contributed by atoms with Gasteiger partial charge in [-0.25, -0.2) is 0 Å². The molecule has 0 amide bonds. The van der Waals surface area contributed by atoms with E-state index in [-0.39, 0.29) is 0 Å².